The van der Waals surface area contributed by atoms with Crippen LogP contribution in [-0.2, 0) is 33.5 Å². The molecule has 0 bridgehead atoms. The third-order valence-corrected chi connectivity index (χ3v) is 6.15. The van der Waals surface area contributed by atoms with Gasteiger partial charge in [-0.25, -0.2) is 0 Å². The largest absolute Gasteiger partial charge is 0.496 e. The standard InChI is InChI=1S/C26H30F3NO4/c1-4-30(25(32)18-7-6-8-18)16-19-15-20(26(27,28)29)10-11-21(19)22-13-17(9-12-23(22)33-3)14-24(31)34-5-2/h9-13,15,18H,4-8,14,16H2,1-3H3. The lowest BCUT2D eigenvalue weighted by molar-refractivity contribution is -0.142. The summed E-state index contributed by atoms with van der Waals surface area (Å²) in [4.78, 5) is 26.5. The fourth-order valence-corrected chi connectivity index (χ4v) is 4.08. The molecule has 1 fully saturated rings. The van der Waals surface area contributed by atoms with E-state index >= 15 is 0 Å². The second-order valence-corrected chi connectivity index (χ2v) is 8.37. The first-order valence-electron chi connectivity index (χ1n) is 11.5. The van der Waals surface area contributed by atoms with Crippen molar-refractivity contribution in [1.82, 2.24) is 4.90 Å². The van der Waals surface area contributed by atoms with E-state index in [1.807, 2.05) is 6.92 Å². The van der Waals surface area contributed by atoms with Gasteiger partial charge < -0.3 is 14.4 Å². The van der Waals surface area contributed by atoms with E-state index in [2.05, 4.69) is 0 Å². The maximum atomic E-state index is 13.5. The van der Waals surface area contributed by atoms with Gasteiger partial charge in [0, 0.05) is 24.6 Å². The van der Waals surface area contributed by atoms with Crippen LogP contribution in [0.15, 0.2) is 36.4 Å². The number of hydrogen-bond donors (Lipinski definition) is 0. The van der Waals surface area contributed by atoms with Gasteiger partial charge in [-0.05, 0) is 67.6 Å². The van der Waals surface area contributed by atoms with Gasteiger partial charge in [0.1, 0.15) is 5.75 Å². The number of methoxy groups -OCH3 is 1. The van der Waals surface area contributed by atoms with Gasteiger partial charge in [-0.2, -0.15) is 13.2 Å². The number of nitrogens with zero attached hydrogens (tertiary/aromatic N) is 1. The summed E-state index contributed by atoms with van der Waals surface area (Å²) < 4.78 is 51.1. The highest BCUT2D eigenvalue weighted by molar-refractivity contribution is 5.81. The lowest BCUT2D eigenvalue weighted by Crippen LogP contribution is -2.38. The highest BCUT2D eigenvalue weighted by Crippen LogP contribution is 2.38. The summed E-state index contributed by atoms with van der Waals surface area (Å²) in [5.41, 5.74) is 1.32. The fourth-order valence-electron chi connectivity index (χ4n) is 4.08. The number of carbonyl (C=O) groups is 2. The van der Waals surface area contributed by atoms with Gasteiger partial charge in [0.2, 0.25) is 5.91 Å². The summed E-state index contributed by atoms with van der Waals surface area (Å²) in [6.45, 7) is 4.24. The number of alkyl halides is 3. The van der Waals surface area contributed by atoms with E-state index in [1.54, 1.807) is 30.0 Å². The minimum atomic E-state index is -4.52. The van der Waals surface area contributed by atoms with E-state index in [0.29, 0.717) is 34.5 Å². The summed E-state index contributed by atoms with van der Waals surface area (Å²) in [5, 5.41) is 0. The molecule has 1 aliphatic rings. The molecule has 1 amide bonds. The summed E-state index contributed by atoms with van der Waals surface area (Å²) in [6, 6.07) is 8.67. The van der Waals surface area contributed by atoms with Crippen molar-refractivity contribution in [3.63, 3.8) is 0 Å². The van der Waals surface area contributed by atoms with Crippen molar-refractivity contribution in [2.45, 2.75) is 52.3 Å². The first-order chi connectivity index (χ1) is 16.2. The number of carbonyl (C=O) groups excluding carboxylic acids is 2. The van der Waals surface area contributed by atoms with Crippen LogP contribution in [-0.4, -0.2) is 37.0 Å². The van der Waals surface area contributed by atoms with Crippen molar-refractivity contribution < 1.29 is 32.2 Å². The Kier molecular flexibility index (Phi) is 8.23. The molecule has 1 aliphatic carbocycles. The second-order valence-electron chi connectivity index (χ2n) is 8.37. The van der Waals surface area contributed by atoms with Gasteiger partial charge in [0.05, 0.1) is 25.7 Å². The van der Waals surface area contributed by atoms with E-state index in [1.165, 1.54) is 13.2 Å². The molecule has 5 nitrogen and oxygen atoms in total. The van der Waals surface area contributed by atoms with Crippen molar-refractivity contribution in [1.29, 1.82) is 0 Å². The second kappa shape index (κ2) is 10.9. The van der Waals surface area contributed by atoms with Crippen molar-refractivity contribution in [2.75, 3.05) is 20.3 Å². The molecule has 2 aromatic carbocycles. The number of benzene rings is 2. The molecule has 0 aromatic heterocycles. The first-order valence-corrected chi connectivity index (χ1v) is 11.5. The third kappa shape index (κ3) is 5.90. The van der Waals surface area contributed by atoms with Crippen molar-refractivity contribution in [3.05, 3.63) is 53.1 Å². The smallest absolute Gasteiger partial charge is 0.416 e. The lowest BCUT2D eigenvalue weighted by Gasteiger charge is -2.31. The zero-order valence-corrected chi connectivity index (χ0v) is 19.7. The molecule has 0 unspecified atom stereocenters. The van der Waals surface area contributed by atoms with Crippen LogP contribution in [0.5, 0.6) is 5.75 Å². The van der Waals surface area contributed by atoms with E-state index in [-0.39, 0.29) is 31.4 Å². The molecule has 0 heterocycles. The van der Waals surface area contributed by atoms with Crippen LogP contribution < -0.4 is 4.74 Å². The van der Waals surface area contributed by atoms with E-state index < -0.39 is 17.7 Å². The van der Waals surface area contributed by atoms with Crippen molar-refractivity contribution in [3.8, 4) is 16.9 Å². The van der Waals surface area contributed by atoms with E-state index in [9.17, 15) is 22.8 Å². The van der Waals surface area contributed by atoms with Gasteiger partial charge >= 0.3 is 12.1 Å². The maximum Gasteiger partial charge on any atom is 0.416 e. The predicted octanol–water partition coefficient (Wildman–Crippen LogP) is 5.64. The normalized spacial score (nSPS) is 13.8. The molecule has 184 valence electrons. The van der Waals surface area contributed by atoms with Crippen LogP contribution in [0.3, 0.4) is 0 Å². The minimum absolute atomic E-state index is 0.0276. The van der Waals surface area contributed by atoms with Gasteiger partial charge in [-0.1, -0.05) is 18.6 Å². The SMILES string of the molecule is CCOC(=O)Cc1ccc(OC)c(-c2ccc(C(F)(F)F)cc2CN(CC)C(=O)C2CCC2)c1. The van der Waals surface area contributed by atoms with Crippen LogP contribution in [0.25, 0.3) is 11.1 Å². The summed E-state index contributed by atoms with van der Waals surface area (Å²) >= 11 is 0. The van der Waals surface area contributed by atoms with Crippen molar-refractivity contribution >= 4 is 11.9 Å². The Bertz CT molecular complexity index is 1030. The quantitative estimate of drug-likeness (QED) is 0.439. The van der Waals surface area contributed by atoms with Gasteiger partial charge in [0.15, 0.2) is 0 Å². The van der Waals surface area contributed by atoms with Crippen LogP contribution in [0, 0.1) is 5.92 Å². The number of halogens is 3. The molecule has 0 saturated heterocycles. The molecule has 0 radical (unpaired) electrons. The predicted molar refractivity (Wildman–Crippen MR) is 122 cm³/mol. The summed E-state index contributed by atoms with van der Waals surface area (Å²) in [7, 11) is 1.48. The number of esters is 1. The van der Waals surface area contributed by atoms with Crippen LogP contribution in [0.1, 0.15) is 49.8 Å². The average Bonchev–Trinajstić information content (AvgIpc) is 2.75. The number of hydrogen-bond acceptors (Lipinski definition) is 4. The molecule has 2 aromatic rings. The number of rotatable bonds is 9. The zero-order valence-electron chi connectivity index (χ0n) is 19.7. The van der Waals surface area contributed by atoms with Gasteiger partial charge in [-0.15, -0.1) is 0 Å². The Morgan fingerprint density at radius 2 is 1.79 bits per heavy atom. The Morgan fingerprint density at radius 1 is 1.06 bits per heavy atom. The molecular weight excluding hydrogens is 447 g/mol. The first kappa shape index (κ1) is 25.6. The number of ether oxygens (including phenoxy) is 2. The number of amides is 1. The Labute approximate surface area is 197 Å². The Hall–Kier alpha value is -3.03. The van der Waals surface area contributed by atoms with Gasteiger partial charge in [-0.3, -0.25) is 9.59 Å². The Morgan fingerprint density at radius 3 is 2.35 bits per heavy atom. The lowest BCUT2D eigenvalue weighted by atomic mass is 9.84. The van der Waals surface area contributed by atoms with Crippen LogP contribution >= 0.6 is 0 Å². The van der Waals surface area contributed by atoms with Crippen LogP contribution in [0.2, 0.25) is 0 Å². The Balaban J connectivity index is 2.06. The highest BCUT2D eigenvalue weighted by atomic mass is 19.4. The minimum Gasteiger partial charge on any atom is -0.496 e. The molecule has 8 heteroatoms. The highest BCUT2D eigenvalue weighted by Gasteiger charge is 2.33. The molecule has 0 N–H and O–H groups in total. The van der Waals surface area contributed by atoms with Crippen molar-refractivity contribution in [2.24, 2.45) is 5.92 Å². The molecule has 0 aliphatic heterocycles. The molecular formula is C26H30F3NO4. The molecule has 0 atom stereocenters. The average molecular weight is 478 g/mol. The molecule has 0 spiro atoms. The molecule has 3 rings (SSSR count). The summed E-state index contributed by atoms with van der Waals surface area (Å²) in [5.74, 6) is -0.0201. The topological polar surface area (TPSA) is 55.8 Å². The van der Waals surface area contributed by atoms with E-state index in [0.717, 1.165) is 31.4 Å². The molecule has 1 saturated carbocycles. The third-order valence-electron chi connectivity index (χ3n) is 6.15. The zero-order chi connectivity index (χ0) is 24.9. The maximum absolute atomic E-state index is 13.5. The molecule has 34 heavy (non-hydrogen) atoms. The fraction of sp³-hybridized carbons (Fsp3) is 0.462. The van der Waals surface area contributed by atoms with Crippen LogP contribution in [0.4, 0.5) is 13.2 Å². The summed E-state index contributed by atoms with van der Waals surface area (Å²) in [6.07, 6.45) is -1.86. The van der Waals surface area contributed by atoms with Gasteiger partial charge in [0.25, 0.3) is 0 Å². The van der Waals surface area contributed by atoms with E-state index in [4.69, 9.17) is 9.47 Å². The monoisotopic (exact) mass is 477 g/mol.